The third-order valence-electron chi connectivity index (χ3n) is 1.75. The summed E-state index contributed by atoms with van der Waals surface area (Å²) >= 11 is 11.7. The van der Waals surface area contributed by atoms with Gasteiger partial charge in [-0.05, 0) is 19.1 Å². The normalized spacial score (nSPS) is 12.0. The van der Waals surface area contributed by atoms with Crippen LogP contribution < -0.4 is 4.74 Å². The minimum Gasteiger partial charge on any atom is -0.477 e. The van der Waals surface area contributed by atoms with Crippen LogP contribution in [0.4, 0.5) is 0 Å². The first-order chi connectivity index (χ1) is 7.06. The molecule has 0 aromatic heterocycles. The van der Waals surface area contributed by atoms with Crippen LogP contribution in [0.25, 0.3) is 0 Å². The van der Waals surface area contributed by atoms with E-state index in [9.17, 15) is 4.79 Å². The lowest BCUT2D eigenvalue weighted by molar-refractivity contribution is -0.147. The van der Waals surface area contributed by atoms with E-state index in [2.05, 4.69) is 4.74 Å². The van der Waals surface area contributed by atoms with E-state index in [-0.39, 0.29) is 5.02 Å². The summed E-state index contributed by atoms with van der Waals surface area (Å²) in [7, 11) is 1.29. The number of methoxy groups -OCH3 is 1. The molecule has 0 spiro atoms. The Labute approximate surface area is 97.9 Å². The van der Waals surface area contributed by atoms with E-state index in [1.807, 2.05) is 0 Å². The average Bonchev–Trinajstić information content (AvgIpc) is 2.23. The zero-order valence-electron chi connectivity index (χ0n) is 8.29. The lowest BCUT2D eigenvalue weighted by Gasteiger charge is -2.13. The highest BCUT2D eigenvalue weighted by atomic mass is 35.5. The molecule has 0 fully saturated rings. The van der Waals surface area contributed by atoms with Gasteiger partial charge in [-0.1, -0.05) is 29.3 Å². The Morgan fingerprint density at radius 1 is 1.40 bits per heavy atom. The maximum absolute atomic E-state index is 11.1. The number of carbonyl (C=O) groups excluding carboxylic acids is 1. The van der Waals surface area contributed by atoms with Crippen LogP contribution in [0.3, 0.4) is 0 Å². The van der Waals surface area contributed by atoms with Crippen molar-refractivity contribution in [3.8, 4) is 5.75 Å². The summed E-state index contributed by atoms with van der Waals surface area (Å²) in [5, 5.41) is 0.668. The second-order valence-corrected chi connectivity index (χ2v) is 3.62. The molecule has 1 atom stereocenters. The lowest BCUT2D eigenvalue weighted by Crippen LogP contribution is -2.25. The van der Waals surface area contributed by atoms with Crippen molar-refractivity contribution >= 4 is 29.2 Å². The molecule has 0 N–H and O–H groups in total. The van der Waals surface area contributed by atoms with E-state index in [0.717, 1.165) is 0 Å². The molecular formula is C10H10Cl2O3. The Morgan fingerprint density at radius 2 is 2.07 bits per heavy atom. The molecule has 5 heteroatoms. The van der Waals surface area contributed by atoms with Gasteiger partial charge in [-0.15, -0.1) is 0 Å². The summed E-state index contributed by atoms with van der Waals surface area (Å²) in [6, 6.07) is 4.96. The van der Waals surface area contributed by atoms with Crippen molar-refractivity contribution in [2.45, 2.75) is 13.0 Å². The third kappa shape index (κ3) is 3.01. The molecule has 0 saturated carbocycles. The lowest BCUT2D eigenvalue weighted by atomic mass is 10.3. The summed E-state index contributed by atoms with van der Waals surface area (Å²) in [6.07, 6.45) is -0.717. The molecule has 1 rings (SSSR count). The molecule has 1 aromatic rings. The number of hydrogen-bond acceptors (Lipinski definition) is 3. The Hall–Kier alpha value is -0.930. The first-order valence-corrected chi connectivity index (χ1v) is 5.00. The summed E-state index contributed by atoms with van der Waals surface area (Å²) in [6.45, 7) is 1.57. The van der Waals surface area contributed by atoms with Gasteiger partial charge in [0.15, 0.2) is 6.10 Å². The summed E-state index contributed by atoms with van der Waals surface area (Å²) in [5.74, 6) is -0.104. The molecule has 0 bridgehead atoms. The predicted octanol–water partition coefficient (Wildman–Crippen LogP) is 2.93. The van der Waals surface area contributed by atoms with E-state index >= 15 is 0 Å². The molecule has 0 aliphatic carbocycles. The predicted molar refractivity (Wildman–Crippen MR) is 58.6 cm³/mol. The molecule has 3 nitrogen and oxygen atoms in total. The summed E-state index contributed by atoms with van der Waals surface area (Å²) in [5.41, 5.74) is 0. The van der Waals surface area contributed by atoms with Gasteiger partial charge in [0.05, 0.1) is 12.1 Å². The number of rotatable bonds is 3. The third-order valence-corrected chi connectivity index (χ3v) is 2.55. The number of benzene rings is 1. The average molecular weight is 249 g/mol. The van der Waals surface area contributed by atoms with Crippen molar-refractivity contribution < 1.29 is 14.3 Å². The second kappa shape index (κ2) is 5.24. The smallest absolute Gasteiger partial charge is 0.346 e. The zero-order chi connectivity index (χ0) is 11.4. The van der Waals surface area contributed by atoms with Gasteiger partial charge in [0, 0.05) is 0 Å². The zero-order valence-corrected chi connectivity index (χ0v) is 9.80. The van der Waals surface area contributed by atoms with Crippen LogP contribution in [0, 0.1) is 0 Å². The van der Waals surface area contributed by atoms with E-state index in [1.165, 1.54) is 7.11 Å². The van der Waals surface area contributed by atoms with Crippen molar-refractivity contribution in [1.82, 2.24) is 0 Å². The minimum atomic E-state index is -0.717. The fourth-order valence-electron chi connectivity index (χ4n) is 0.980. The highest BCUT2D eigenvalue weighted by molar-refractivity contribution is 6.42. The Kier molecular flexibility index (Phi) is 4.24. The first-order valence-electron chi connectivity index (χ1n) is 4.24. The van der Waals surface area contributed by atoms with Crippen LogP contribution in [-0.2, 0) is 9.53 Å². The first kappa shape index (κ1) is 12.1. The van der Waals surface area contributed by atoms with Crippen molar-refractivity contribution in [2.24, 2.45) is 0 Å². The van der Waals surface area contributed by atoms with Gasteiger partial charge < -0.3 is 9.47 Å². The van der Waals surface area contributed by atoms with Crippen molar-refractivity contribution in [3.63, 3.8) is 0 Å². The Balaban J connectivity index is 2.81. The van der Waals surface area contributed by atoms with Crippen LogP contribution >= 0.6 is 23.2 Å². The highest BCUT2D eigenvalue weighted by Gasteiger charge is 2.16. The van der Waals surface area contributed by atoms with Gasteiger partial charge in [0.2, 0.25) is 0 Å². The fourth-order valence-corrected chi connectivity index (χ4v) is 1.32. The molecule has 0 heterocycles. The molecule has 0 saturated heterocycles. The topological polar surface area (TPSA) is 35.5 Å². The van der Waals surface area contributed by atoms with Gasteiger partial charge in [0.1, 0.15) is 10.8 Å². The van der Waals surface area contributed by atoms with E-state index in [1.54, 1.807) is 25.1 Å². The molecule has 0 aliphatic heterocycles. The van der Waals surface area contributed by atoms with Crippen LogP contribution in [0.1, 0.15) is 6.92 Å². The number of ether oxygens (including phenoxy) is 2. The van der Waals surface area contributed by atoms with E-state index in [4.69, 9.17) is 27.9 Å². The van der Waals surface area contributed by atoms with Crippen molar-refractivity contribution in [2.75, 3.05) is 7.11 Å². The number of hydrogen-bond donors (Lipinski definition) is 0. The molecular weight excluding hydrogens is 239 g/mol. The maximum Gasteiger partial charge on any atom is 0.346 e. The van der Waals surface area contributed by atoms with Crippen LogP contribution in [0.2, 0.25) is 10.0 Å². The minimum absolute atomic E-state index is 0.287. The molecule has 0 radical (unpaired) electrons. The van der Waals surface area contributed by atoms with Gasteiger partial charge in [-0.2, -0.15) is 0 Å². The molecule has 1 unspecified atom stereocenters. The largest absolute Gasteiger partial charge is 0.477 e. The number of carbonyl (C=O) groups is 1. The van der Waals surface area contributed by atoms with Gasteiger partial charge in [-0.3, -0.25) is 0 Å². The molecule has 82 valence electrons. The fraction of sp³-hybridized carbons (Fsp3) is 0.300. The van der Waals surface area contributed by atoms with E-state index < -0.39 is 12.1 Å². The second-order valence-electron chi connectivity index (χ2n) is 2.84. The van der Waals surface area contributed by atoms with Crippen LogP contribution in [-0.4, -0.2) is 19.2 Å². The van der Waals surface area contributed by atoms with Crippen molar-refractivity contribution in [3.05, 3.63) is 28.2 Å². The Bertz CT molecular complexity index is 366. The maximum atomic E-state index is 11.1. The van der Waals surface area contributed by atoms with Gasteiger partial charge in [0.25, 0.3) is 0 Å². The van der Waals surface area contributed by atoms with Crippen molar-refractivity contribution in [1.29, 1.82) is 0 Å². The summed E-state index contributed by atoms with van der Waals surface area (Å²) in [4.78, 5) is 11.1. The van der Waals surface area contributed by atoms with Crippen LogP contribution in [0.5, 0.6) is 5.75 Å². The molecule has 15 heavy (non-hydrogen) atoms. The standard InChI is InChI=1S/C10H10Cl2O3/c1-6(10(13)14-2)15-8-5-3-4-7(11)9(8)12/h3-6H,1-2H3. The van der Waals surface area contributed by atoms with E-state index in [0.29, 0.717) is 10.8 Å². The van der Waals surface area contributed by atoms with Gasteiger partial charge in [-0.25, -0.2) is 4.79 Å². The molecule has 0 amide bonds. The molecule has 0 aliphatic rings. The SMILES string of the molecule is COC(=O)C(C)Oc1cccc(Cl)c1Cl. The monoisotopic (exact) mass is 248 g/mol. The Morgan fingerprint density at radius 3 is 2.67 bits per heavy atom. The molecule has 1 aromatic carbocycles. The highest BCUT2D eigenvalue weighted by Crippen LogP contribution is 2.32. The quantitative estimate of drug-likeness (QED) is 0.772. The van der Waals surface area contributed by atoms with Crippen LogP contribution in [0.15, 0.2) is 18.2 Å². The number of halogens is 2. The van der Waals surface area contributed by atoms with Gasteiger partial charge >= 0.3 is 5.97 Å². The summed E-state index contributed by atoms with van der Waals surface area (Å²) < 4.78 is 9.80. The number of esters is 1.